The Morgan fingerprint density at radius 1 is 0.941 bits per heavy atom. The number of hydrogen-bond acceptors (Lipinski definition) is 0. The van der Waals surface area contributed by atoms with Crippen molar-refractivity contribution in [2.75, 3.05) is 0 Å². The molecule has 180 valence electrons. The average Bonchev–Trinajstić information content (AvgIpc) is 3.27. The van der Waals surface area contributed by atoms with Gasteiger partial charge in [0.15, 0.2) is 0 Å². The number of allylic oxidation sites excluding steroid dienone is 5. The Hall–Kier alpha value is -2.12. The minimum absolute atomic E-state index is 0.0963. The molecule has 2 aliphatic rings. The molecule has 0 spiro atoms. The highest BCUT2D eigenvalue weighted by molar-refractivity contribution is 6.76. The highest BCUT2D eigenvalue weighted by Gasteiger charge is 2.32. The summed E-state index contributed by atoms with van der Waals surface area (Å²) in [7, 11) is -1.16. The van der Waals surface area contributed by atoms with Gasteiger partial charge >= 0.3 is 0 Å². The van der Waals surface area contributed by atoms with Crippen LogP contribution >= 0.6 is 0 Å². The van der Waals surface area contributed by atoms with Crippen LogP contribution in [0.15, 0.2) is 60.7 Å². The van der Waals surface area contributed by atoms with Gasteiger partial charge in [-0.2, -0.15) is 0 Å². The summed E-state index contributed by atoms with van der Waals surface area (Å²) in [6.07, 6.45) is 9.19. The first-order chi connectivity index (χ1) is 15.6. The van der Waals surface area contributed by atoms with Gasteiger partial charge in [0.1, 0.15) is 0 Å². The Kier molecular flexibility index (Phi) is 6.26. The first kappa shape index (κ1) is 25.0. The molecule has 2 aromatic rings. The Morgan fingerprint density at radius 2 is 1.62 bits per heavy atom. The molecule has 1 unspecified atom stereocenters. The van der Waals surface area contributed by atoms with E-state index in [0.29, 0.717) is 5.92 Å². The summed E-state index contributed by atoms with van der Waals surface area (Å²) in [6, 6.07) is 13.2. The summed E-state index contributed by atoms with van der Waals surface area (Å²) in [5.41, 5.74) is 13.5. The third-order valence-corrected chi connectivity index (χ3v) is 8.91. The monoisotopic (exact) mass is 468 g/mol. The van der Waals surface area contributed by atoms with Crippen LogP contribution in [-0.2, 0) is 17.3 Å². The smallest absolute Gasteiger partial charge is 0.0483 e. The van der Waals surface area contributed by atoms with E-state index in [1.807, 2.05) is 0 Å². The normalized spacial score (nSPS) is 17.6. The zero-order valence-corrected chi connectivity index (χ0v) is 24.0. The molecular weight excluding hydrogens is 424 g/mol. The maximum Gasteiger partial charge on any atom is 0.0483 e. The number of rotatable bonds is 5. The Balaban J connectivity index is 1.78. The van der Waals surface area contributed by atoms with Gasteiger partial charge in [-0.05, 0) is 74.2 Å². The second kappa shape index (κ2) is 8.52. The third kappa shape index (κ3) is 4.96. The van der Waals surface area contributed by atoms with E-state index in [4.69, 9.17) is 0 Å². The summed E-state index contributed by atoms with van der Waals surface area (Å²) in [5, 5.41) is 0. The van der Waals surface area contributed by atoms with E-state index in [2.05, 4.69) is 116 Å². The largest absolute Gasteiger partial charge is 0.100 e. The van der Waals surface area contributed by atoms with Crippen molar-refractivity contribution in [2.24, 2.45) is 5.92 Å². The van der Waals surface area contributed by atoms with Crippen LogP contribution < -0.4 is 0 Å². The molecule has 0 amide bonds. The lowest BCUT2D eigenvalue weighted by molar-refractivity contribution is 0.586. The summed E-state index contributed by atoms with van der Waals surface area (Å²) >= 11 is 0. The Labute approximate surface area is 209 Å². The topological polar surface area (TPSA) is 0 Å². The fourth-order valence-corrected chi connectivity index (χ4v) is 7.44. The maximum absolute atomic E-state index is 4.51. The van der Waals surface area contributed by atoms with Gasteiger partial charge in [-0.3, -0.25) is 0 Å². The van der Waals surface area contributed by atoms with E-state index in [0.717, 1.165) is 12.8 Å². The van der Waals surface area contributed by atoms with Crippen molar-refractivity contribution in [1.29, 1.82) is 0 Å². The summed E-state index contributed by atoms with van der Waals surface area (Å²) in [6.45, 7) is 25.9. The van der Waals surface area contributed by atoms with Crippen molar-refractivity contribution in [3.05, 3.63) is 88.5 Å². The Morgan fingerprint density at radius 3 is 2.24 bits per heavy atom. The predicted molar refractivity (Wildman–Crippen MR) is 155 cm³/mol. The number of benzene rings is 2. The van der Waals surface area contributed by atoms with E-state index in [-0.39, 0.29) is 10.8 Å². The molecule has 0 radical (unpaired) electrons. The van der Waals surface area contributed by atoms with Crippen LogP contribution in [0.5, 0.6) is 0 Å². The molecule has 34 heavy (non-hydrogen) atoms. The molecule has 0 aromatic heterocycles. The van der Waals surface area contributed by atoms with Crippen LogP contribution in [0.4, 0.5) is 0 Å². The summed E-state index contributed by atoms with van der Waals surface area (Å²) in [5.74, 6) is 0.435. The lowest BCUT2D eigenvalue weighted by Crippen LogP contribution is -2.20. The molecule has 0 bridgehead atoms. The summed E-state index contributed by atoms with van der Waals surface area (Å²) < 4.78 is 0. The molecule has 1 atom stereocenters. The second-order valence-electron chi connectivity index (χ2n) is 13.9. The molecule has 4 rings (SSSR count). The molecule has 0 N–H and O–H groups in total. The molecular formula is C33H44Si. The quantitative estimate of drug-likeness (QED) is 0.258. The van der Waals surface area contributed by atoms with E-state index in [1.165, 1.54) is 56.1 Å². The molecule has 0 saturated carbocycles. The van der Waals surface area contributed by atoms with Gasteiger partial charge in [0, 0.05) is 14.0 Å². The van der Waals surface area contributed by atoms with Crippen LogP contribution in [0.2, 0.25) is 25.7 Å². The first-order valence-electron chi connectivity index (χ1n) is 13.0. The zero-order valence-electron chi connectivity index (χ0n) is 23.0. The van der Waals surface area contributed by atoms with Crippen LogP contribution in [0, 0.1) is 5.92 Å². The van der Waals surface area contributed by atoms with E-state index < -0.39 is 8.07 Å². The number of fused-ring (bicyclic) bond motifs is 3. The first-order valence-corrected chi connectivity index (χ1v) is 16.7. The molecule has 0 nitrogen and oxygen atoms in total. The Bertz CT molecular complexity index is 1180. The number of hydrogen-bond donors (Lipinski definition) is 0. The van der Waals surface area contributed by atoms with E-state index in [1.54, 1.807) is 0 Å². The molecule has 0 fully saturated rings. The lowest BCUT2D eigenvalue weighted by Gasteiger charge is -2.29. The van der Waals surface area contributed by atoms with Crippen molar-refractivity contribution in [3.63, 3.8) is 0 Å². The van der Waals surface area contributed by atoms with Crippen LogP contribution in [-0.4, -0.2) is 8.07 Å². The minimum Gasteiger partial charge on any atom is -0.100 e. The predicted octanol–water partition coefficient (Wildman–Crippen LogP) is 9.71. The van der Waals surface area contributed by atoms with Gasteiger partial charge in [0.25, 0.3) is 0 Å². The van der Waals surface area contributed by atoms with Gasteiger partial charge in [-0.1, -0.05) is 115 Å². The second-order valence-corrected chi connectivity index (χ2v) is 19.3. The highest BCUT2D eigenvalue weighted by atomic mass is 28.3. The van der Waals surface area contributed by atoms with Crippen LogP contribution in [0.3, 0.4) is 0 Å². The van der Waals surface area contributed by atoms with Gasteiger partial charge < -0.3 is 0 Å². The van der Waals surface area contributed by atoms with Crippen LogP contribution in [0.1, 0.15) is 75.8 Å². The van der Waals surface area contributed by atoms with Gasteiger partial charge in [0.2, 0.25) is 0 Å². The van der Waals surface area contributed by atoms with Gasteiger partial charge in [0.05, 0.1) is 0 Å². The van der Waals surface area contributed by atoms with Crippen molar-refractivity contribution < 1.29 is 0 Å². The molecule has 0 aliphatic heterocycles. The van der Waals surface area contributed by atoms with Gasteiger partial charge in [-0.25, -0.2) is 0 Å². The SMILES string of the molecule is C=C(CC1C=CC=C1c1c(C(C)(C)C)ccc2c1Cc1cc(C(C)(C)C)ccc1-2)C[Si](C)(C)C. The summed E-state index contributed by atoms with van der Waals surface area (Å²) in [4.78, 5) is 0. The van der Waals surface area contributed by atoms with Gasteiger partial charge in [-0.15, -0.1) is 6.58 Å². The average molecular weight is 469 g/mol. The third-order valence-electron chi connectivity index (χ3n) is 7.35. The fourth-order valence-electron chi connectivity index (χ4n) is 5.80. The molecule has 2 aromatic carbocycles. The molecule has 0 saturated heterocycles. The maximum atomic E-state index is 4.51. The standard InChI is InChI=1S/C33H44Si/c1-22(21-34(8,9)10)18-23-12-11-13-27(23)31-29-20-24-19-25(32(2,3)4)14-15-26(24)28(29)16-17-30(31)33(5,6)7/h11-17,19,23H,1,18,20-21H2,2-10H3. The minimum atomic E-state index is -1.16. The van der Waals surface area contributed by atoms with Crippen LogP contribution in [0.25, 0.3) is 16.7 Å². The zero-order chi connectivity index (χ0) is 25.1. The van der Waals surface area contributed by atoms with Crippen molar-refractivity contribution in [3.8, 4) is 11.1 Å². The van der Waals surface area contributed by atoms with E-state index >= 15 is 0 Å². The van der Waals surface area contributed by atoms with Crippen molar-refractivity contribution in [1.82, 2.24) is 0 Å². The van der Waals surface area contributed by atoms with Crippen molar-refractivity contribution in [2.45, 2.75) is 90.9 Å². The van der Waals surface area contributed by atoms with Crippen molar-refractivity contribution >= 4 is 13.6 Å². The molecule has 0 heterocycles. The fraction of sp³-hybridized carbons (Fsp3) is 0.455. The molecule has 1 heteroatoms. The molecule has 2 aliphatic carbocycles. The lowest BCUT2D eigenvalue weighted by atomic mass is 9.76. The highest BCUT2D eigenvalue weighted by Crippen LogP contribution is 2.48. The van der Waals surface area contributed by atoms with E-state index in [9.17, 15) is 0 Å².